The molecule has 4 nitrogen and oxygen atoms in total. The van der Waals surface area contributed by atoms with E-state index in [2.05, 4.69) is 0 Å². The van der Waals surface area contributed by atoms with E-state index in [-0.39, 0.29) is 12.1 Å². The minimum Gasteiger partial charge on any atom is -0.444 e. The molecule has 1 aliphatic carbocycles. The zero-order chi connectivity index (χ0) is 13.1. The van der Waals surface area contributed by atoms with E-state index in [9.17, 15) is 9.59 Å². The average Bonchev–Trinajstić information content (AvgIpc) is 2.26. The van der Waals surface area contributed by atoms with Gasteiger partial charge in [-0.25, -0.2) is 9.59 Å². The number of carbonyl (C=O) groups is 1. The lowest BCUT2D eigenvalue weighted by Crippen LogP contribution is -2.41. The molecule has 17 heavy (non-hydrogen) atoms. The van der Waals surface area contributed by atoms with Crippen molar-refractivity contribution in [2.24, 2.45) is 0 Å². The summed E-state index contributed by atoms with van der Waals surface area (Å²) in [6, 6.07) is 0.168. The lowest BCUT2D eigenvalue weighted by Gasteiger charge is -2.33. The Balaban J connectivity index is 2.51. The molecule has 0 radical (unpaired) electrons. The maximum Gasteiger partial charge on any atom is 0.410 e. The van der Waals surface area contributed by atoms with Gasteiger partial charge in [0.05, 0.1) is 0 Å². The van der Waals surface area contributed by atoms with Gasteiger partial charge in [0.2, 0.25) is 0 Å². The Morgan fingerprint density at radius 1 is 1.35 bits per heavy atom. The SMILES string of the molecule is CN(C(=O)OC(C)(C)C)C1CCC(=C=O)CC1. The second-order valence-electron chi connectivity index (χ2n) is 5.53. The fourth-order valence-corrected chi connectivity index (χ4v) is 1.92. The first-order valence-corrected chi connectivity index (χ1v) is 6.02. The van der Waals surface area contributed by atoms with Crippen LogP contribution in [-0.4, -0.2) is 35.6 Å². The first-order chi connectivity index (χ1) is 7.83. The zero-order valence-corrected chi connectivity index (χ0v) is 11.1. The number of allylic oxidation sites excluding steroid dienone is 1. The summed E-state index contributed by atoms with van der Waals surface area (Å²) in [5.41, 5.74) is 0.368. The maximum atomic E-state index is 11.8. The third-order valence-corrected chi connectivity index (χ3v) is 2.93. The largest absolute Gasteiger partial charge is 0.444 e. The molecule has 1 fully saturated rings. The molecule has 0 spiro atoms. The minimum absolute atomic E-state index is 0.168. The Bertz CT molecular complexity index is 327. The van der Waals surface area contributed by atoms with E-state index in [0.717, 1.165) is 31.3 Å². The highest BCUT2D eigenvalue weighted by molar-refractivity contribution is 5.68. The summed E-state index contributed by atoms with van der Waals surface area (Å²) < 4.78 is 5.31. The lowest BCUT2D eigenvalue weighted by molar-refractivity contribution is 0.0199. The van der Waals surface area contributed by atoms with Crippen LogP contribution in [0, 0.1) is 0 Å². The van der Waals surface area contributed by atoms with Crippen molar-refractivity contribution in [1.29, 1.82) is 0 Å². The molecule has 0 aliphatic heterocycles. The number of hydrogen-bond donors (Lipinski definition) is 0. The van der Waals surface area contributed by atoms with Crippen LogP contribution >= 0.6 is 0 Å². The molecule has 0 atom stereocenters. The highest BCUT2D eigenvalue weighted by Gasteiger charge is 2.27. The molecule has 96 valence electrons. The molecule has 1 saturated carbocycles. The molecular weight excluding hydrogens is 218 g/mol. The molecule has 1 aliphatic rings. The van der Waals surface area contributed by atoms with Crippen LogP contribution in [0.1, 0.15) is 46.5 Å². The lowest BCUT2D eigenvalue weighted by atomic mass is 9.91. The Morgan fingerprint density at radius 2 is 1.88 bits per heavy atom. The molecule has 0 aromatic rings. The van der Waals surface area contributed by atoms with Gasteiger partial charge in [0.15, 0.2) is 0 Å². The van der Waals surface area contributed by atoms with E-state index < -0.39 is 5.60 Å². The van der Waals surface area contributed by atoms with Crippen LogP contribution in [0.2, 0.25) is 0 Å². The molecule has 0 heterocycles. The number of amides is 1. The summed E-state index contributed by atoms with van der Waals surface area (Å²) in [5.74, 6) is 1.96. The number of hydrogen-bond acceptors (Lipinski definition) is 3. The predicted molar refractivity (Wildman–Crippen MR) is 65.5 cm³/mol. The van der Waals surface area contributed by atoms with Crippen molar-refractivity contribution in [3.63, 3.8) is 0 Å². The second kappa shape index (κ2) is 5.37. The van der Waals surface area contributed by atoms with Crippen molar-refractivity contribution < 1.29 is 14.3 Å². The summed E-state index contributed by atoms with van der Waals surface area (Å²) in [4.78, 5) is 24.0. The van der Waals surface area contributed by atoms with Gasteiger partial charge in [-0.1, -0.05) is 0 Å². The first kappa shape index (κ1) is 13.8. The number of rotatable bonds is 1. The standard InChI is InChI=1S/C13H21NO3/c1-13(2,3)17-12(16)14(4)11-7-5-10(9-15)6-8-11/h11H,5-8H2,1-4H3. The first-order valence-electron chi connectivity index (χ1n) is 6.02. The Hall–Kier alpha value is -1.28. The molecule has 0 aromatic heterocycles. The van der Waals surface area contributed by atoms with Crippen LogP contribution in [0.3, 0.4) is 0 Å². The highest BCUT2D eigenvalue weighted by Crippen LogP contribution is 2.25. The second-order valence-corrected chi connectivity index (χ2v) is 5.53. The van der Waals surface area contributed by atoms with E-state index in [4.69, 9.17) is 4.74 Å². The number of nitrogens with zero attached hydrogens (tertiary/aromatic N) is 1. The average molecular weight is 239 g/mol. The molecular formula is C13H21NO3. The van der Waals surface area contributed by atoms with Gasteiger partial charge in [-0.3, -0.25) is 0 Å². The van der Waals surface area contributed by atoms with Gasteiger partial charge in [0, 0.05) is 18.7 Å². The molecule has 0 N–H and O–H groups in total. The summed E-state index contributed by atoms with van der Waals surface area (Å²) in [6.45, 7) is 5.56. The summed E-state index contributed by atoms with van der Waals surface area (Å²) >= 11 is 0. The van der Waals surface area contributed by atoms with E-state index in [1.807, 2.05) is 26.7 Å². The minimum atomic E-state index is -0.464. The third-order valence-electron chi connectivity index (χ3n) is 2.93. The van der Waals surface area contributed by atoms with Crippen molar-refractivity contribution in [2.75, 3.05) is 7.05 Å². The monoisotopic (exact) mass is 239 g/mol. The van der Waals surface area contributed by atoms with Gasteiger partial charge in [-0.2, -0.15) is 0 Å². The van der Waals surface area contributed by atoms with Gasteiger partial charge in [-0.05, 0) is 46.5 Å². The fourth-order valence-electron chi connectivity index (χ4n) is 1.92. The van der Waals surface area contributed by atoms with Crippen LogP contribution < -0.4 is 0 Å². The molecule has 1 amide bonds. The predicted octanol–water partition coefficient (Wildman–Crippen LogP) is 2.55. The molecule has 0 aromatic carbocycles. The van der Waals surface area contributed by atoms with E-state index >= 15 is 0 Å². The van der Waals surface area contributed by atoms with Crippen molar-refractivity contribution in [1.82, 2.24) is 4.90 Å². The van der Waals surface area contributed by atoms with E-state index in [0.29, 0.717) is 0 Å². The van der Waals surface area contributed by atoms with Gasteiger partial charge in [0.1, 0.15) is 11.5 Å². The van der Waals surface area contributed by atoms with Crippen LogP contribution in [-0.2, 0) is 9.53 Å². The van der Waals surface area contributed by atoms with Gasteiger partial charge in [-0.15, -0.1) is 0 Å². The Kier molecular flexibility index (Phi) is 4.35. The quantitative estimate of drug-likeness (QED) is 0.661. The summed E-state index contributed by atoms with van der Waals surface area (Å²) in [6.07, 6.45) is 2.82. The Morgan fingerprint density at radius 3 is 2.29 bits per heavy atom. The zero-order valence-electron chi connectivity index (χ0n) is 11.1. The number of ether oxygens (including phenoxy) is 1. The molecule has 0 bridgehead atoms. The van der Waals surface area contributed by atoms with E-state index in [1.165, 1.54) is 0 Å². The van der Waals surface area contributed by atoms with Crippen molar-refractivity contribution in [3.8, 4) is 0 Å². The van der Waals surface area contributed by atoms with Gasteiger partial charge in [0.25, 0.3) is 0 Å². The van der Waals surface area contributed by atoms with Gasteiger partial charge < -0.3 is 9.64 Å². The fraction of sp³-hybridized carbons (Fsp3) is 0.769. The smallest absolute Gasteiger partial charge is 0.410 e. The topological polar surface area (TPSA) is 46.6 Å². The van der Waals surface area contributed by atoms with Crippen LogP contribution in [0.4, 0.5) is 4.79 Å². The molecule has 1 rings (SSSR count). The van der Waals surface area contributed by atoms with Crippen LogP contribution in [0.5, 0.6) is 0 Å². The molecule has 0 saturated heterocycles. The van der Waals surface area contributed by atoms with Crippen molar-refractivity contribution >= 4 is 12.0 Å². The number of carbonyl (C=O) groups excluding carboxylic acids is 2. The summed E-state index contributed by atoms with van der Waals surface area (Å²) in [5, 5.41) is 0. The van der Waals surface area contributed by atoms with Gasteiger partial charge >= 0.3 is 6.09 Å². The Labute approximate surface area is 103 Å². The van der Waals surface area contributed by atoms with Crippen LogP contribution in [0.25, 0.3) is 0 Å². The highest BCUT2D eigenvalue weighted by atomic mass is 16.6. The normalized spacial score (nSPS) is 20.7. The van der Waals surface area contributed by atoms with Crippen LogP contribution in [0.15, 0.2) is 5.57 Å². The molecule has 0 unspecified atom stereocenters. The van der Waals surface area contributed by atoms with Crippen molar-refractivity contribution in [3.05, 3.63) is 5.57 Å². The third kappa shape index (κ3) is 4.23. The molecule has 4 heteroatoms. The maximum absolute atomic E-state index is 11.8. The van der Waals surface area contributed by atoms with Crippen molar-refractivity contribution in [2.45, 2.75) is 58.1 Å². The van der Waals surface area contributed by atoms with E-state index in [1.54, 1.807) is 11.9 Å². The summed E-state index contributed by atoms with van der Waals surface area (Å²) in [7, 11) is 1.76.